The standard InChI is InChI=1S/C14H23N3O2S/c1-12(2)11-17-14(15-3)16-9-10-20(18,19)13-7-5-4-6-8-13/h4-8,12H,9-11H2,1-3H3,(H2,15,16,17). The zero-order valence-corrected chi connectivity index (χ0v) is 13.1. The molecule has 5 nitrogen and oxygen atoms in total. The first-order valence-electron chi connectivity index (χ1n) is 6.68. The smallest absolute Gasteiger partial charge is 0.191 e. The van der Waals surface area contributed by atoms with Crippen LogP contribution in [0.4, 0.5) is 0 Å². The highest BCUT2D eigenvalue weighted by Crippen LogP contribution is 2.09. The van der Waals surface area contributed by atoms with E-state index < -0.39 is 9.84 Å². The fourth-order valence-corrected chi connectivity index (χ4v) is 2.75. The minimum atomic E-state index is -3.24. The van der Waals surface area contributed by atoms with Crippen molar-refractivity contribution < 1.29 is 8.42 Å². The Morgan fingerprint density at radius 2 is 1.85 bits per heavy atom. The summed E-state index contributed by atoms with van der Waals surface area (Å²) in [5.74, 6) is 1.17. The molecule has 1 rings (SSSR count). The lowest BCUT2D eigenvalue weighted by Crippen LogP contribution is -2.41. The quantitative estimate of drug-likeness (QED) is 0.613. The van der Waals surface area contributed by atoms with Crippen LogP contribution in [0, 0.1) is 5.92 Å². The molecule has 2 N–H and O–H groups in total. The van der Waals surface area contributed by atoms with Crippen LogP contribution in [0.2, 0.25) is 0 Å². The first kappa shape index (κ1) is 16.5. The molecule has 0 saturated carbocycles. The summed E-state index contributed by atoms with van der Waals surface area (Å²) in [5, 5.41) is 6.15. The summed E-state index contributed by atoms with van der Waals surface area (Å²) in [6.45, 7) is 5.32. The van der Waals surface area contributed by atoms with Crippen LogP contribution >= 0.6 is 0 Å². The SMILES string of the molecule is CN=C(NCCS(=O)(=O)c1ccccc1)NCC(C)C. The number of benzene rings is 1. The van der Waals surface area contributed by atoms with Gasteiger partial charge in [-0.3, -0.25) is 4.99 Å². The summed E-state index contributed by atoms with van der Waals surface area (Å²) >= 11 is 0. The summed E-state index contributed by atoms with van der Waals surface area (Å²) < 4.78 is 24.1. The van der Waals surface area contributed by atoms with Crippen molar-refractivity contribution in [2.45, 2.75) is 18.7 Å². The monoisotopic (exact) mass is 297 g/mol. The van der Waals surface area contributed by atoms with Gasteiger partial charge in [0, 0.05) is 20.1 Å². The highest BCUT2D eigenvalue weighted by molar-refractivity contribution is 7.91. The lowest BCUT2D eigenvalue weighted by molar-refractivity contribution is 0.593. The van der Waals surface area contributed by atoms with Gasteiger partial charge in [-0.1, -0.05) is 32.0 Å². The molecule has 0 radical (unpaired) electrons. The second-order valence-electron chi connectivity index (χ2n) is 4.91. The molecular weight excluding hydrogens is 274 g/mol. The molecule has 0 aliphatic heterocycles. The van der Waals surface area contributed by atoms with Crippen molar-refractivity contribution in [2.75, 3.05) is 25.9 Å². The highest BCUT2D eigenvalue weighted by atomic mass is 32.2. The Morgan fingerprint density at radius 1 is 1.20 bits per heavy atom. The van der Waals surface area contributed by atoms with Crippen molar-refractivity contribution in [3.8, 4) is 0 Å². The van der Waals surface area contributed by atoms with E-state index in [1.807, 2.05) is 0 Å². The van der Waals surface area contributed by atoms with Crippen LogP contribution in [0.15, 0.2) is 40.2 Å². The van der Waals surface area contributed by atoms with E-state index in [9.17, 15) is 8.42 Å². The zero-order chi connectivity index (χ0) is 15.0. The van der Waals surface area contributed by atoms with Crippen molar-refractivity contribution in [1.82, 2.24) is 10.6 Å². The Morgan fingerprint density at radius 3 is 2.40 bits per heavy atom. The summed E-state index contributed by atoms with van der Waals surface area (Å²) in [6.07, 6.45) is 0. The fraction of sp³-hybridized carbons (Fsp3) is 0.500. The number of rotatable bonds is 6. The molecule has 1 aromatic carbocycles. The van der Waals surface area contributed by atoms with Gasteiger partial charge in [-0.25, -0.2) is 8.42 Å². The molecule has 1 aromatic rings. The van der Waals surface area contributed by atoms with Crippen LogP contribution in [0.5, 0.6) is 0 Å². The second-order valence-corrected chi connectivity index (χ2v) is 7.01. The molecule has 0 aliphatic carbocycles. The predicted octanol–water partition coefficient (Wildman–Crippen LogP) is 1.28. The molecule has 20 heavy (non-hydrogen) atoms. The average molecular weight is 297 g/mol. The van der Waals surface area contributed by atoms with Gasteiger partial charge in [-0.05, 0) is 18.1 Å². The number of nitrogens with zero attached hydrogens (tertiary/aromatic N) is 1. The third-order valence-electron chi connectivity index (χ3n) is 2.67. The third-order valence-corrected chi connectivity index (χ3v) is 4.40. The summed E-state index contributed by atoms with van der Waals surface area (Å²) in [4.78, 5) is 4.41. The summed E-state index contributed by atoms with van der Waals surface area (Å²) in [6, 6.07) is 8.48. The second kappa shape index (κ2) is 7.89. The van der Waals surface area contributed by atoms with Gasteiger partial charge in [0.2, 0.25) is 0 Å². The summed E-state index contributed by atoms with van der Waals surface area (Å²) in [7, 11) is -1.57. The first-order chi connectivity index (χ1) is 9.45. The van der Waals surface area contributed by atoms with Gasteiger partial charge < -0.3 is 10.6 Å². The maximum absolute atomic E-state index is 12.1. The number of guanidine groups is 1. The minimum absolute atomic E-state index is 0.0411. The van der Waals surface area contributed by atoms with E-state index in [1.165, 1.54) is 0 Å². The maximum atomic E-state index is 12.1. The van der Waals surface area contributed by atoms with Gasteiger partial charge in [-0.15, -0.1) is 0 Å². The van der Waals surface area contributed by atoms with E-state index in [2.05, 4.69) is 29.5 Å². The number of sulfone groups is 1. The molecule has 0 aliphatic rings. The van der Waals surface area contributed by atoms with Crippen LogP contribution < -0.4 is 10.6 Å². The van der Waals surface area contributed by atoms with E-state index in [-0.39, 0.29) is 5.75 Å². The Hall–Kier alpha value is -1.56. The fourth-order valence-electron chi connectivity index (χ4n) is 1.57. The Bertz CT molecular complexity index is 525. The van der Waals surface area contributed by atoms with Crippen LogP contribution in [-0.2, 0) is 9.84 Å². The third kappa shape index (κ3) is 5.61. The molecule has 0 aromatic heterocycles. The Balaban J connectivity index is 2.47. The number of hydrogen-bond acceptors (Lipinski definition) is 3. The van der Waals surface area contributed by atoms with Gasteiger partial charge in [0.1, 0.15) is 0 Å². The van der Waals surface area contributed by atoms with Crippen molar-refractivity contribution in [3.63, 3.8) is 0 Å². The average Bonchev–Trinajstić information content (AvgIpc) is 2.43. The van der Waals surface area contributed by atoms with Crippen molar-refractivity contribution in [1.29, 1.82) is 0 Å². The van der Waals surface area contributed by atoms with Crippen LogP contribution in [-0.4, -0.2) is 40.3 Å². The number of aliphatic imine (C=N–C) groups is 1. The van der Waals surface area contributed by atoms with Crippen LogP contribution in [0.25, 0.3) is 0 Å². The minimum Gasteiger partial charge on any atom is -0.356 e. The van der Waals surface area contributed by atoms with Crippen molar-refractivity contribution in [2.24, 2.45) is 10.9 Å². The number of nitrogens with one attached hydrogen (secondary N) is 2. The molecule has 0 amide bonds. The van der Waals surface area contributed by atoms with Gasteiger partial charge in [-0.2, -0.15) is 0 Å². The van der Waals surface area contributed by atoms with Gasteiger partial charge in [0.15, 0.2) is 15.8 Å². The molecule has 0 unspecified atom stereocenters. The van der Waals surface area contributed by atoms with Crippen molar-refractivity contribution >= 4 is 15.8 Å². The highest BCUT2D eigenvalue weighted by Gasteiger charge is 2.13. The molecule has 0 saturated heterocycles. The Kier molecular flexibility index (Phi) is 6.51. The molecule has 0 bridgehead atoms. The normalized spacial score (nSPS) is 12.5. The molecule has 112 valence electrons. The topological polar surface area (TPSA) is 70.6 Å². The molecule has 0 heterocycles. The first-order valence-corrected chi connectivity index (χ1v) is 8.33. The number of hydrogen-bond donors (Lipinski definition) is 2. The van der Waals surface area contributed by atoms with Crippen molar-refractivity contribution in [3.05, 3.63) is 30.3 Å². The largest absolute Gasteiger partial charge is 0.356 e. The van der Waals surface area contributed by atoms with Gasteiger partial charge >= 0.3 is 0 Å². The predicted molar refractivity (Wildman–Crippen MR) is 82.7 cm³/mol. The summed E-state index contributed by atoms with van der Waals surface area (Å²) in [5.41, 5.74) is 0. The van der Waals surface area contributed by atoms with E-state index in [0.29, 0.717) is 23.3 Å². The lowest BCUT2D eigenvalue weighted by atomic mass is 10.2. The molecule has 6 heteroatoms. The molecule has 0 fully saturated rings. The molecule has 0 spiro atoms. The van der Waals surface area contributed by atoms with E-state index in [0.717, 1.165) is 6.54 Å². The zero-order valence-electron chi connectivity index (χ0n) is 12.3. The van der Waals surface area contributed by atoms with E-state index in [4.69, 9.17) is 0 Å². The molecular formula is C14H23N3O2S. The van der Waals surface area contributed by atoms with Crippen LogP contribution in [0.3, 0.4) is 0 Å². The van der Waals surface area contributed by atoms with Gasteiger partial charge in [0.05, 0.1) is 10.6 Å². The maximum Gasteiger partial charge on any atom is 0.191 e. The Labute approximate surface area is 121 Å². The van der Waals surface area contributed by atoms with Gasteiger partial charge in [0.25, 0.3) is 0 Å². The van der Waals surface area contributed by atoms with E-state index >= 15 is 0 Å². The molecule has 0 atom stereocenters. The van der Waals surface area contributed by atoms with Crippen LogP contribution in [0.1, 0.15) is 13.8 Å². The lowest BCUT2D eigenvalue weighted by Gasteiger charge is -2.13. The van der Waals surface area contributed by atoms with E-state index in [1.54, 1.807) is 37.4 Å².